The molecule has 0 spiro atoms. The van der Waals surface area contributed by atoms with Crippen molar-refractivity contribution in [3.05, 3.63) is 87.0 Å². The molecule has 0 bridgehead atoms. The van der Waals surface area contributed by atoms with Crippen molar-refractivity contribution < 1.29 is 9.59 Å². The van der Waals surface area contributed by atoms with Gasteiger partial charge in [-0.1, -0.05) is 50.6 Å². The van der Waals surface area contributed by atoms with Gasteiger partial charge in [0, 0.05) is 17.2 Å². The Morgan fingerprint density at radius 3 is 2.24 bits per heavy atom. The van der Waals surface area contributed by atoms with Crippen LogP contribution in [-0.4, -0.2) is 39.7 Å². The summed E-state index contributed by atoms with van der Waals surface area (Å²) in [4.78, 5) is 32.2. The largest absolute Gasteiger partial charge is 0.324 e. The van der Waals surface area contributed by atoms with Gasteiger partial charge in [-0.05, 0) is 82.4 Å². The first-order chi connectivity index (χ1) is 20.0. The van der Waals surface area contributed by atoms with E-state index in [1.165, 1.54) is 11.3 Å². The second kappa shape index (κ2) is 12.2. The number of benzene rings is 2. The molecule has 2 aromatic heterocycles. The average molecular weight is 585 g/mol. The molecule has 0 radical (unpaired) electrons. The van der Waals surface area contributed by atoms with Gasteiger partial charge in [0.05, 0.1) is 32.9 Å². The zero-order chi connectivity index (χ0) is 30.0. The van der Waals surface area contributed by atoms with Crippen molar-refractivity contribution in [2.75, 3.05) is 23.7 Å². The van der Waals surface area contributed by atoms with Crippen LogP contribution < -0.4 is 16.0 Å². The van der Waals surface area contributed by atoms with Crippen LogP contribution in [0.5, 0.6) is 0 Å². The van der Waals surface area contributed by atoms with E-state index in [4.69, 9.17) is 5.10 Å². The highest BCUT2D eigenvalue weighted by Gasteiger charge is 2.33. The number of thiazole rings is 1. The molecular formula is C33H40N6O2S. The van der Waals surface area contributed by atoms with Crippen molar-refractivity contribution in [1.29, 1.82) is 0 Å². The number of aromatic nitrogens is 3. The number of urea groups is 1. The standard InChI is InChI=1S/C33H40N6O2S/c1-20-7-13-26(14-8-20)39-28(19-27(38-39)33(4,5)6)37-32(41)36-25-11-9-23(10-12-25)29(24-15-17-34-18-16-24)30(40)31-21(2)35-22(3)42-31/h7-14,19,24,29,34H,15-18H2,1-6H3,(H2,36,37,41). The fraction of sp³-hybridized carbons (Fsp3) is 0.394. The predicted molar refractivity (Wildman–Crippen MR) is 170 cm³/mol. The van der Waals surface area contributed by atoms with Crippen molar-refractivity contribution >= 4 is 34.7 Å². The van der Waals surface area contributed by atoms with Gasteiger partial charge in [-0.15, -0.1) is 11.3 Å². The summed E-state index contributed by atoms with van der Waals surface area (Å²) in [5, 5.41) is 15.1. The number of anilines is 2. The highest BCUT2D eigenvalue weighted by atomic mass is 32.1. The minimum Gasteiger partial charge on any atom is -0.317 e. The first-order valence-electron chi connectivity index (χ1n) is 14.5. The van der Waals surface area contributed by atoms with Crippen LogP contribution in [0.25, 0.3) is 5.69 Å². The molecule has 220 valence electrons. The Balaban J connectivity index is 1.35. The second-order valence-electron chi connectivity index (χ2n) is 12.2. The van der Waals surface area contributed by atoms with E-state index in [2.05, 4.69) is 41.7 Å². The molecule has 9 heteroatoms. The van der Waals surface area contributed by atoms with Crippen LogP contribution in [0.2, 0.25) is 0 Å². The number of piperidine rings is 1. The van der Waals surface area contributed by atoms with E-state index >= 15 is 0 Å². The van der Waals surface area contributed by atoms with E-state index in [9.17, 15) is 9.59 Å². The molecule has 1 aliphatic heterocycles. The highest BCUT2D eigenvalue weighted by Crippen LogP contribution is 2.37. The monoisotopic (exact) mass is 584 g/mol. The molecule has 3 N–H and O–H groups in total. The van der Waals surface area contributed by atoms with Gasteiger partial charge in [-0.25, -0.2) is 14.5 Å². The smallest absolute Gasteiger partial charge is 0.317 e. The fourth-order valence-corrected chi connectivity index (χ4v) is 6.39. The van der Waals surface area contributed by atoms with Gasteiger partial charge in [0.15, 0.2) is 5.78 Å². The third kappa shape index (κ3) is 6.63. The van der Waals surface area contributed by atoms with Crippen LogP contribution in [0.15, 0.2) is 54.6 Å². The number of Topliss-reactive ketones (excluding diaryl/α,β-unsaturated/α-hetero) is 1. The number of carbonyl (C=O) groups is 2. The number of carbonyl (C=O) groups excluding carboxylic acids is 2. The summed E-state index contributed by atoms with van der Waals surface area (Å²) < 4.78 is 1.76. The Bertz CT molecular complexity index is 1560. The van der Waals surface area contributed by atoms with Gasteiger partial charge in [0.1, 0.15) is 5.82 Å². The number of amides is 2. The molecule has 0 aliphatic carbocycles. The van der Waals surface area contributed by atoms with E-state index in [1.54, 1.807) is 4.68 Å². The molecule has 5 rings (SSSR count). The van der Waals surface area contributed by atoms with Gasteiger partial charge in [-0.3, -0.25) is 10.1 Å². The first kappa shape index (κ1) is 29.7. The number of nitrogens with one attached hydrogen (secondary N) is 3. The third-order valence-corrected chi connectivity index (χ3v) is 8.88. The van der Waals surface area contributed by atoms with Crippen LogP contribution in [0.4, 0.5) is 16.3 Å². The molecule has 1 fully saturated rings. The van der Waals surface area contributed by atoms with Gasteiger partial charge < -0.3 is 10.6 Å². The van der Waals surface area contributed by atoms with E-state index in [0.29, 0.717) is 11.5 Å². The molecule has 2 amide bonds. The Morgan fingerprint density at radius 2 is 1.64 bits per heavy atom. The molecule has 0 saturated carbocycles. The maximum atomic E-state index is 13.8. The third-order valence-electron chi connectivity index (χ3n) is 7.79. The number of nitrogens with zero attached hydrogens (tertiary/aromatic N) is 3. The average Bonchev–Trinajstić information content (AvgIpc) is 3.53. The Kier molecular flexibility index (Phi) is 8.61. The number of hydrogen-bond donors (Lipinski definition) is 3. The zero-order valence-corrected chi connectivity index (χ0v) is 26.1. The van der Waals surface area contributed by atoms with Crippen LogP contribution in [0, 0.1) is 26.7 Å². The van der Waals surface area contributed by atoms with E-state index < -0.39 is 0 Å². The maximum absolute atomic E-state index is 13.8. The zero-order valence-electron chi connectivity index (χ0n) is 25.2. The van der Waals surface area contributed by atoms with Gasteiger partial charge in [0.25, 0.3) is 0 Å². The lowest BCUT2D eigenvalue weighted by Gasteiger charge is -2.30. The van der Waals surface area contributed by atoms with Gasteiger partial charge >= 0.3 is 6.03 Å². The van der Waals surface area contributed by atoms with Crippen molar-refractivity contribution in [2.24, 2.45) is 5.92 Å². The maximum Gasteiger partial charge on any atom is 0.324 e. The molecular weight excluding hydrogens is 544 g/mol. The lowest BCUT2D eigenvalue weighted by atomic mass is 9.77. The molecule has 1 atom stereocenters. The van der Waals surface area contributed by atoms with Crippen LogP contribution in [0.3, 0.4) is 0 Å². The fourth-order valence-electron chi connectivity index (χ4n) is 5.49. The highest BCUT2D eigenvalue weighted by molar-refractivity contribution is 7.13. The number of rotatable bonds is 7. The van der Waals surface area contributed by atoms with E-state index in [-0.39, 0.29) is 29.1 Å². The summed E-state index contributed by atoms with van der Waals surface area (Å²) in [5.74, 6) is 0.738. The van der Waals surface area contributed by atoms with Crippen molar-refractivity contribution in [3.8, 4) is 5.69 Å². The van der Waals surface area contributed by atoms with Crippen molar-refractivity contribution in [1.82, 2.24) is 20.1 Å². The molecule has 2 aromatic carbocycles. The minimum atomic E-state index is -0.363. The Hall–Kier alpha value is -3.82. The van der Waals surface area contributed by atoms with Gasteiger partial charge in [-0.2, -0.15) is 5.10 Å². The van der Waals surface area contributed by atoms with Crippen LogP contribution in [0.1, 0.15) is 76.7 Å². The number of aryl methyl sites for hydroxylation is 3. The number of hydrogen-bond acceptors (Lipinski definition) is 6. The lowest BCUT2D eigenvalue weighted by molar-refractivity contribution is 0.0919. The minimum absolute atomic E-state index is 0.141. The number of ketones is 1. The van der Waals surface area contributed by atoms with Crippen molar-refractivity contribution in [2.45, 2.75) is 65.7 Å². The van der Waals surface area contributed by atoms with E-state index in [1.807, 2.05) is 75.4 Å². The van der Waals surface area contributed by atoms with Crippen LogP contribution in [-0.2, 0) is 5.41 Å². The summed E-state index contributed by atoms with van der Waals surface area (Å²) in [5.41, 5.74) is 5.14. The molecule has 4 aromatic rings. The van der Waals surface area contributed by atoms with Crippen molar-refractivity contribution in [3.63, 3.8) is 0 Å². The Morgan fingerprint density at radius 1 is 0.976 bits per heavy atom. The molecule has 1 aliphatic rings. The topological polar surface area (TPSA) is 101 Å². The van der Waals surface area contributed by atoms with Gasteiger partial charge in [0.2, 0.25) is 0 Å². The van der Waals surface area contributed by atoms with Crippen LogP contribution >= 0.6 is 11.3 Å². The summed E-state index contributed by atoms with van der Waals surface area (Å²) in [6.07, 6.45) is 1.89. The summed E-state index contributed by atoms with van der Waals surface area (Å²) >= 11 is 1.48. The predicted octanol–water partition coefficient (Wildman–Crippen LogP) is 7.16. The summed E-state index contributed by atoms with van der Waals surface area (Å²) in [6, 6.07) is 17.3. The Labute approximate surface area is 252 Å². The SMILES string of the molecule is Cc1ccc(-n2nc(C(C)(C)C)cc2NC(=O)Nc2ccc(C(C(=O)c3sc(C)nc3C)C3CCNCC3)cc2)cc1. The molecule has 1 saturated heterocycles. The van der Waals surface area contributed by atoms with E-state index in [0.717, 1.165) is 64.0 Å². The molecule has 3 heterocycles. The molecule has 1 unspecified atom stereocenters. The second-order valence-corrected chi connectivity index (χ2v) is 13.4. The lowest BCUT2D eigenvalue weighted by Crippen LogP contribution is -2.33. The summed E-state index contributed by atoms with van der Waals surface area (Å²) in [7, 11) is 0. The molecule has 8 nitrogen and oxygen atoms in total. The quantitative estimate of drug-likeness (QED) is 0.200. The first-order valence-corrected chi connectivity index (χ1v) is 15.4. The molecule has 42 heavy (non-hydrogen) atoms. The summed E-state index contributed by atoms with van der Waals surface area (Å²) in [6.45, 7) is 14.0. The normalized spacial score (nSPS) is 14.9.